The van der Waals surface area contributed by atoms with Gasteiger partial charge in [0.15, 0.2) is 0 Å². The van der Waals surface area contributed by atoms with Gasteiger partial charge < -0.3 is 14.2 Å². The van der Waals surface area contributed by atoms with E-state index in [0.717, 1.165) is 22.7 Å². The Hall–Kier alpha value is -3.08. The van der Waals surface area contributed by atoms with Gasteiger partial charge in [0.25, 0.3) is 5.91 Å². The second kappa shape index (κ2) is 7.21. The number of hydrogen-bond acceptors (Lipinski definition) is 4. The molecule has 1 aromatic heterocycles. The maximum Gasteiger partial charge on any atom is 0.261 e. The lowest BCUT2D eigenvalue weighted by atomic mass is 10.1. The Morgan fingerprint density at radius 3 is 2.44 bits per heavy atom. The summed E-state index contributed by atoms with van der Waals surface area (Å²) in [5, 5.41) is 3.92. The maximum atomic E-state index is 12.9. The average Bonchev–Trinajstić information content (AvgIpc) is 2.97. The van der Waals surface area contributed by atoms with Crippen molar-refractivity contribution in [1.29, 1.82) is 0 Å². The van der Waals surface area contributed by atoms with Gasteiger partial charge in [0.05, 0.1) is 16.8 Å². The molecule has 0 spiro atoms. The van der Waals surface area contributed by atoms with Crippen LogP contribution in [-0.2, 0) is 6.61 Å². The second-order valence-electron chi connectivity index (χ2n) is 5.79. The lowest BCUT2D eigenvalue weighted by Gasteiger charge is -2.19. The van der Waals surface area contributed by atoms with E-state index in [9.17, 15) is 4.79 Å². The van der Waals surface area contributed by atoms with E-state index in [-0.39, 0.29) is 5.91 Å². The van der Waals surface area contributed by atoms with Gasteiger partial charge in [-0.1, -0.05) is 35.5 Å². The van der Waals surface area contributed by atoms with E-state index < -0.39 is 0 Å². The molecule has 5 nitrogen and oxygen atoms in total. The minimum atomic E-state index is -0.124. The van der Waals surface area contributed by atoms with Crippen molar-refractivity contribution in [2.24, 2.45) is 0 Å². The van der Waals surface area contributed by atoms with Crippen molar-refractivity contribution >= 4 is 11.6 Å². The highest BCUT2D eigenvalue weighted by Crippen LogP contribution is 2.24. The summed E-state index contributed by atoms with van der Waals surface area (Å²) in [6, 6.07) is 16.8. The standard InChI is InChI=1S/C20H20N2O3/c1-14-18(15(2)25-21-14)13-24-19-12-8-7-11-17(19)20(23)22(3)16-9-5-4-6-10-16/h4-12H,13H2,1-3H3. The fourth-order valence-corrected chi connectivity index (χ4v) is 2.58. The number of para-hydroxylation sites is 2. The molecule has 1 heterocycles. The SMILES string of the molecule is Cc1noc(C)c1COc1ccccc1C(=O)N(C)c1ccccc1. The summed E-state index contributed by atoms with van der Waals surface area (Å²) < 4.78 is 11.1. The first-order chi connectivity index (χ1) is 12.1. The average molecular weight is 336 g/mol. The summed E-state index contributed by atoms with van der Waals surface area (Å²) >= 11 is 0. The number of nitrogens with zero attached hydrogens (tertiary/aromatic N) is 2. The van der Waals surface area contributed by atoms with E-state index >= 15 is 0 Å². The van der Waals surface area contributed by atoms with Crippen LogP contribution in [0.15, 0.2) is 59.1 Å². The van der Waals surface area contributed by atoms with Gasteiger partial charge in [0.2, 0.25) is 0 Å². The van der Waals surface area contributed by atoms with E-state index in [1.807, 2.05) is 56.3 Å². The summed E-state index contributed by atoms with van der Waals surface area (Å²) in [7, 11) is 1.75. The number of ether oxygens (including phenoxy) is 1. The number of carbonyl (C=O) groups is 1. The molecule has 3 aromatic rings. The Balaban J connectivity index is 1.82. The molecule has 0 radical (unpaired) electrons. The molecule has 1 amide bonds. The van der Waals surface area contributed by atoms with Crippen LogP contribution in [0, 0.1) is 13.8 Å². The number of carbonyl (C=O) groups excluding carboxylic acids is 1. The Morgan fingerprint density at radius 1 is 1.08 bits per heavy atom. The van der Waals surface area contributed by atoms with E-state index in [2.05, 4.69) is 5.16 Å². The van der Waals surface area contributed by atoms with Crippen LogP contribution in [-0.4, -0.2) is 18.1 Å². The number of aryl methyl sites for hydroxylation is 2. The van der Waals surface area contributed by atoms with Crippen LogP contribution in [0.2, 0.25) is 0 Å². The third kappa shape index (κ3) is 3.55. The first-order valence-corrected chi connectivity index (χ1v) is 8.04. The molecule has 0 saturated carbocycles. The highest BCUT2D eigenvalue weighted by atomic mass is 16.5. The Bertz CT molecular complexity index is 852. The number of hydrogen-bond donors (Lipinski definition) is 0. The highest BCUT2D eigenvalue weighted by Gasteiger charge is 2.18. The Labute approximate surface area is 146 Å². The summed E-state index contributed by atoms with van der Waals surface area (Å²) in [4.78, 5) is 14.5. The lowest BCUT2D eigenvalue weighted by molar-refractivity contribution is 0.0988. The highest BCUT2D eigenvalue weighted by molar-refractivity contribution is 6.07. The third-order valence-electron chi connectivity index (χ3n) is 4.12. The topological polar surface area (TPSA) is 55.6 Å². The molecule has 2 aromatic carbocycles. The quantitative estimate of drug-likeness (QED) is 0.702. The minimum absolute atomic E-state index is 0.124. The number of aromatic nitrogens is 1. The predicted octanol–water partition coefficient (Wildman–Crippen LogP) is 4.15. The third-order valence-corrected chi connectivity index (χ3v) is 4.12. The molecule has 128 valence electrons. The zero-order valence-electron chi connectivity index (χ0n) is 14.5. The fourth-order valence-electron chi connectivity index (χ4n) is 2.58. The molecule has 3 rings (SSSR count). The summed E-state index contributed by atoms with van der Waals surface area (Å²) in [6.45, 7) is 4.02. The summed E-state index contributed by atoms with van der Waals surface area (Å²) in [5.41, 5.74) is 3.04. The predicted molar refractivity (Wildman–Crippen MR) is 95.9 cm³/mol. The molecule has 0 fully saturated rings. The summed E-state index contributed by atoms with van der Waals surface area (Å²) in [6.07, 6.45) is 0. The van der Waals surface area contributed by atoms with Gasteiger partial charge >= 0.3 is 0 Å². The molecule has 0 N–H and O–H groups in total. The molecule has 0 bridgehead atoms. The first-order valence-electron chi connectivity index (χ1n) is 8.04. The van der Waals surface area contributed by atoms with Gasteiger partial charge in [-0.15, -0.1) is 0 Å². The molecule has 0 unspecified atom stereocenters. The van der Waals surface area contributed by atoms with Gasteiger partial charge in [0.1, 0.15) is 18.1 Å². The van der Waals surface area contributed by atoms with E-state index in [4.69, 9.17) is 9.26 Å². The maximum absolute atomic E-state index is 12.9. The fraction of sp³-hybridized carbons (Fsp3) is 0.200. The van der Waals surface area contributed by atoms with Gasteiger partial charge in [0, 0.05) is 12.7 Å². The van der Waals surface area contributed by atoms with Crippen molar-refractivity contribution in [2.45, 2.75) is 20.5 Å². The van der Waals surface area contributed by atoms with Crippen LogP contribution in [0.3, 0.4) is 0 Å². The van der Waals surface area contributed by atoms with Crippen LogP contribution >= 0.6 is 0 Å². The molecule has 25 heavy (non-hydrogen) atoms. The van der Waals surface area contributed by atoms with Gasteiger partial charge in [-0.2, -0.15) is 0 Å². The zero-order chi connectivity index (χ0) is 17.8. The van der Waals surface area contributed by atoms with Crippen LogP contribution in [0.4, 0.5) is 5.69 Å². The number of amides is 1. The van der Waals surface area contributed by atoms with Gasteiger partial charge in [-0.3, -0.25) is 4.79 Å². The Kier molecular flexibility index (Phi) is 4.84. The lowest BCUT2D eigenvalue weighted by Crippen LogP contribution is -2.26. The van der Waals surface area contributed by atoms with Crippen molar-refractivity contribution in [3.8, 4) is 5.75 Å². The van der Waals surface area contributed by atoms with Crippen molar-refractivity contribution in [3.05, 3.63) is 77.2 Å². The van der Waals surface area contributed by atoms with Gasteiger partial charge in [-0.05, 0) is 38.1 Å². The van der Waals surface area contributed by atoms with Crippen molar-refractivity contribution in [1.82, 2.24) is 5.16 Å². The van der Waals surface area contributed by atoms with Crippen molar-refractivity contribution in [2.75, 3.05) is 11.9 Å². The molecule has 5 heteroatoms. The number of benzene rings is 2. The molecule has 0 aliphatic rings. The van der Waals surface area contributed by atoms with E-state index in [1.165, 1.54) is 0 Å². The first kappa shape index (κ1) is 16.8. The second-order valence-corrected chi connectivity index (χ2v) is 5.79. The minimum Gasteiger partial charge on any atom is -0.488 e. The molecule has 0 saturated heterocycles. The van der Waals surface area contributed by atoms with E-state index in [0.29, 0.717) is 17.9 Å². The number of anilines is 1. The zero-order valence-corrected chi connectivity index (χ0v) is 14.5. The monoisotopic (exact) mass is 336 g/mol. The number of rotatable bonds is 5. The van der Waals surface area contributed by atoms with Gasteiger partial charge in [-0.25, -0.2) is 0 Å². The Morgan fingerprint density at radius 2 is 1.76 bits per heavy atom. The largest absolute Gasteiger partial charge is 0.488 e. The molecular formula is C20H20N2O3. The molecular weight excluding hydrogens is 316 g/mol. The van der Waals surface area contributed by atoms with Crippen molar-refractivity contribution < 1.29 is 14.1 Å². The van der Waals surface area contributed by atoms with E-state index in [1.54, 1.807) is 24.1 Å². The normalized spacial score (nSPS) is 10.5. The van der Waals surface area contributed by atoms with Crippen LogP contribution in [0.1, 0.15) is 27.4 Å². The molecule has 0 atom stereocenters. The summed E-state index contributed by atoms with van der Waals surface area (Å²) in [5.74, 6) is 1.14. The van der Waals surface area contributed by atoms with Crippen LogP contribution in [0.25, 0.3) is 0 Å². The van der Waals surface area contributed by atoms with Crippen LogP contribution < -0.4 is 9.64 Å². The smallest absolute Gasteiger partial charge is 0.261 e. The van der Waals surface area contributed by atoms with Crippen LogP contribution in [0.5, 0.6) is 5.75 Å². The molecule has 0 aliphatic heterocycles. The molecule has 0 aliphatic carbocycles. The van der Waals surface area contributed by atoms with Crippen molar-refractivity contribution in [3.63, 3.8) is 0 Å².